The summed E-state index contributed by atoms with van der Waals surface area (Å²) in [7, 11) is 0. The smallest absolute Gasteiger partial charge is 0.272 e. The quantitative estimate of drug-likeness (QED) is 0.313. The molecule has 3 nitrogen and oxygen atoms in total. The molecule has 0 aliphatic heterocycles. The van der Waals surface area contributed by atoms with Gasteiger partial charge in [-0.15, -0.1) is 0 Å². The van der Waals surface area contributed by atoms with Crippen molar-refractivity contribution in [2.45, 2.75) is 12.9 Å². The molecule has 3 N–H and O–H groups in total. The van der Waals surface area contributed by atoms with Gasteiger partial charge in [-0.25, -0.2) is 0 Å². The maximum Gasteiger partial charge on any atom is 0.272 e. The number of hydrogen-bond acceptors (Lipinski definition) is 3. The maximum absolute atomic E-state index is 7.63. The third-order valence-electron chi connectivity index (χ3n) is 0. The molecule has 0 heterocycles. The molecule has 0 radical (unpaired) electrons. The lowest BCUT2D eigenvalue weighted by Crippen LogP contribution is -2.20. The van der Waals surface area contributed by atoms with E-state index in [1.54, 1.807) is 0 Å². The summed E-state index contributed by atoms with van der Waals surface area (Å²) in [6.45, 7) is 0.854. The van der Waals surface area contributed by atoms with Gasteiger partial charge in [-0.1, -0.05) is 0 Å². The van der Waals surface area contributed by atoms with Gasteiger partial charge in [-0.3, -0.25) is 0 Å². The topological polar surface area (TPSA) is 60.7 Å². The zero-order valence-corrected chi connectivity index (χ0v) is 2.84. The zero-order chi connectivity index (χ0) is 4.50. The molecule has 5 heavy (non-hydrogen) atoms. The van der Waals surface area contributed by atoms with Crippen molar-refractivity contribution < 1.29 is 15.3 Å². The second-order valence-electron chi connectivity index (χ2n) is 0.971. The fourth-order valence-corrected chi connectivity index (χ4v) is 0. The first kappa shape index (κ1) is 4.88. The SMILES string of the molecule is CC(O)(O)O. The fourth-order valence-electron chi connectivity index (χ4n) is 0. The molecule has 32 valence electrons. The Balaban J connectivity index is 3.02. The van der Waals surface area contributed by atoms with Crippen LogP contribution >= 0.6 is 0 Å². The molecule has 0 aromatic heterocycles. The first-order valence-corrected chi connectivity index (χ1v) is 1.17. The Morgan fingerprint density at radius 2 is 1.20 bits per heavy atom. The van der Waals surface area contributed by atoms with Gasteiger partial charge in [0.2, 0.25) is 0 Å². The normalized spacial score (nSPS) is 12.0. The van der Waals surface area contributed by atoms with Crippen molar-refractivity contribution in [1.82, 2.24) is 0 Å². The van der Waals surface area contributed by atoms with E-state index in [-0.39, 0.29) is 0 Å². The molecule has 0 aromatic carbocycles. The largest absolute Gasteiger partial charge is 0.344 e. The van der Waals surface area contributed by atoms with Crippen LogP contribution in [-0.4, -0.2) is 21.3 Å². The van der Waals surface area contributed by atoms with Crippen LogP contribution in [0, 0.1) is 0 Å². The van der Waals surface area contributed by atoms with Gasteiger partial charge in [-0.2, -0.15) is 0 Å². The zero-order valence-electron chi connectivity index (χ0n) is 2.84. The standard InChI is InChI=1S/C2H6O3/c1-2(3,4)5/h3-5H,1H3. The highest BCUT2D eigenvalue weighted by molar-refractivity contribution is 4.21. The average Bonchev–Trinajstić information content (AvgIpc) is 0.722. The van der Waals surface area contributed by atoms with E-state index < -0.39 is 5.97 Å². The molecule has 0 aliphatic rings. The molecule has 0 rings (SSSR count). The van der Waals surface area contributed by atoms with Crippen molar-refractivity contribution in [2.75, 3.05) is 0 Å². The number of hydrogen-bond donors (Lipinski definition) is 3. The maximum atomic E-state index is 7.63. The minimum absolute atomic E-state index is 0.854. The molecular weight excluding hydrogens is 72.0 g/mol. The van der Waals surface area contributed by atoms with Gasteiger partial charge in [0.25, 0.3) is 5.97 Å². The van der Waals surface area contributed by atoms with E-state index in [4.69, 9.17) is 15.3 Å². The Bertz CT molecular complexity index is 20.4. The van der Waals surface area contributed by atoms with Gasteiger partial charge in [0.05, 0.1) is 0 Å². The Morgan fingerprint density at radius 3 is 1.20 bits per heavy atom. The molecule has 3 heteroatoms. The minimum atomic E-state index is -2.50. The second kappa shape index (κ2) is 0.931. The van der Waals surface area contributed by atoms with Gasteiger partial charge < -0.3 is 15.3 Å². The molecule has 0 saturated carbocycles. The Morgan fingerprint density at radius 1 is 1.20 bits per heavy atom. The summed E-state index contributed by atoms with van der Waals surface area (Å²) in [6, 6.07) is 0. The van der Waals surface area contributed by atoms with Gasteiger partial charge in [0, 0.05) is 6.92 Å². The predicted octanol–water partition coefficient (Wildman–Crippen LogP) is -1.36. The van der Waals surface area contributed by atoms with Crippen LogP contribution in [0.25, 0.3) is 0 Å². The molecule has 0 amide bonds. The summed E-state index contributed by atoms with van der Waals surface area (Å²) in [6.07, 6.45) is 0. The van der Waals surface area contributed by atoms with E-state index in [0.717, 1.165) is 6.92 Å². The van der Waals surface area contributed by atoms with Crippen molar-refractivity contribution >= 4 is 0 Å². The second-order valence-corrected chi connectivity index (χ2v) is 0.971. The highest BCUT2D eigenvalue weighted by atomic mass is 16.7. The summed E-state index contributed by atoms with van der Waals surface area (Å²) >= 11 is 0. The van der Waals surface area contributed by atoms with Crippen molar-refractivity contribution in [1.29, 1.82) is 0 Å². The van der Waals surface area contributed by atoms with Crippen LogP contribution in [0.1, 0.15) is 6.92 Å². The highest BCUT2D eigenvalue weighted by Gasteiger charge is 2.03. The summed E-state index contributed by atoms with van der Waals surface area (Å²) in [5, 5.41) is 22.9. The van der Waals surface area contributed by atoms with Crippen molar-refractivity contribution in [3.8, 4) is 0 Å². The molecule has 0 saturated heterocycles. The molecular formula is C2H6O3. The van der Waals surface area contributed by atoms with Crippen LogP contribution < -0.4 is 0 Å². The molecule has 0 fully saturated rings. The lowest BCUT2D eigenvalue weighted by Gasteiger charge is -2.01. The van der Waals surface area contributed by atoms with Crippen molar-refractivity contribution in [2.24, 2.45) is 0 Å². The van der Waals surface area contributed by atoms with E-state index in [1.807, 2.05) is 0 Å². The van der Waals surface area contributed by atoms with Crippen LogP contribution in [0.3, 0.4) is 0 Å². The van der Waals surface area contributed by atoms with E-state index in [2.05, 4.69) is 0 Å². The summed E-state index contributed by atoms with van der Waals surface area (Å²) in [5.41, 5.74) is 0. The summed E-state index contributed by atoms with van der Waals surface area (Å²) in [4.78, 5) is 0. The fraction of sp³-hybridized carbons (Fsp3) is 1.00. The predicted molar refractivity (Wildman–Crippen MR) is 15.1 cm³/mol. The van der Waals surface area contributed by atoms with Crippen LogP contribution in [0.5, 0.6) is 0 Å². The van der Waals surface area contributed by atoms with Gasteiger partial charge >= 0.3 is 0 Å². The van der Waals surface area contributed by atoms with Crippen LogP contribution in [0.4, 0.5) is 0 Å². The lowest BCUT2D eigenvalue weighted by atomic mass is 10.7. The third kappa shape index (κ3) is 952. The Hall–Kier alpha value is -0.120. The average molecular weight is 78.1 g/mol. The first-order valence-electron chi connectivity index (χ1n) is 1.17. The Kier molecular flexibility index (Phi) is 0.908. The third-order valence-corrected chi connectivity index (χ3v) is 0. The molecule has 0 aromatic rings. The molecule has 0 spiro atoms. The summed E-state index contributed by atoms with van der Waals surface area (Å²) < 4.78 is 0. The minimum Gasteiger partial charge on any atom is -0.344 e. The first-order chi connectivity index (χ1) is 2.00. The van der Waals surface area contributed by atoms with E-state index in [1.165, 1.54) is 0 Å². The van der Waals surface area contributed by atoms with Gasteiger partial charge in [0.1, 0.15) is 0 Å². The van der Waals surface area contributed by atoms with E-state index in [9.17, 15) is 0 Å². The van der Waals surface area contributed by atoms with Crippen molar-refractivity contribution in [3.05, 3.63) is 0 Å². The molecule has 0 unspecified atom stereocenters. The monoisotopic (exact) mass is 78.0 g/mol. The molecule has 0 aliphatic carbocycles. The number of rotatable bonds is 0. The molecule has 0 bridgehead atoms. The highest BCUT2D eigenvalue weighted by Crippen LogP contribution is 1.82. The van der Waals surface area contributed by atoms with Gasteiger partial charge in [-0.05, 0) is 0 Å². The van der Waals surface area contributed by atoms with E-state index in [0.29, 0.717) is 0 Å². The van der Waals surface area contributed by atoms with Crippen molar-refractivity contribution in [3.63, 3.8) is 0 Å². The van der Waals surface area contributed by atoms with Crippen LogP contribution in [-0.2, 0) is 0 Å². The van der Waals surface area contributed by atoms with E-state index >= 15 is 0 Å². The van der Waals surface area contributed by atoms with Gasteiger partial charge in [0.15, 0.2) is 0 Å². The lowest BCUT2D eigenvalue weighted by molar-refractivity contribution is -0.297. The summed E-state index contributed by atoms with van der Waals surface area (Å²) in [5.74, 6) is -2.50. The molecule has 0 atom stereocenters. The van der Waals surface area contributed by atoms with Crippen LogP contribution in [0.15, 0.2) is 0 Å². The van der Waals surface area contributed by atoms with Crippen LogP contribution in [0.2, 0.25) is 0 Å². The Labute approximate surface area is 29.5 Å². The number of aliphatic hydroxyl groups is 3.